The van der Waals surface area contributed by atoms with Gasteiger partial charge in [0.05, 0.1) is 21.1 Å². The highest BCUT2D eigenvalue weighted by Crippen LogP contribution is 2.52. The lowest BCUT2D eigenvalue weighted by molar-refractivity contribution is 0.0232. The number of fused-ring (bicyclic) bond motifs is 1. The van der Waals surface area contributed by atoms with Crippen LogP contribution in [0.2, 0.25) is 0 Å². The molecule has 0 aromatic heterocycles. The first-order valence-electron chi connectivity index (χ1n) is 9.98. The molecule has 0 aliphatic heterocycles. The number of aliphatic hydroxyl groups is 1. The Morgan fingerprint density at radius 1 is 1.08 bits per heavy atom. The van der Waals surface area contributed by atoms with Crippen molar-refractivity contribution in [3.63, 3.8) is 0 Å². The Morgan fingerprint density at radius 3 is 2.40 bits per heavy atom. The zero-order valence-electron chi connectivity index (χ0n) is 15.5. The lowest BCUT2D eigenvalue weighted by atomic mass is 9.89. The smallest absolute Gasteiger partial charge is 0.0805 e. The third-order valence-electron chi connectivity index (χ3n) is 6.15. The summed E-state index contributed by atoms with van der Waals surface area (Å²) in [7, 11) is -0.923. The number of nitrogens with zero attached hydrogens (tertiary/aromatic N) is 1. The zero-order valence-corrected chi connectivity index (χ0v) is 16.3. The Hall–Kier alpha value is -0.870. The van der Waals surface area contributed by atoms with Gasteiger partial charge in [0.15, 0.2) is 0 Å². The van der Waals surface area contributed by atoms with E-state index in [2.05, 4.69) is 4.36 Å². The molecule has 4 heteroatoms. The highest BCUT2D eigenvalue weighted by Gasteiger charge is 2.52. The van der Waals surface area contributed by atoms with Crippen LogP contribution < -0.4 is 0 Å². The van der Waals surface area contributed by atoms with E-state index >= 15 is 0 Å². The second-order valence-corrected chi connectivity index (χ2v) is 10.4. The fraction of sp³-hybridized carbons (Fsp3) is 0.714. The van der Waals surface area contributed by atoms with Crippen LogP contribution in [0.1, 0.15) is 64.2 Å². The van der Waals surface area contributed by atoms with E-state index in [1.54, 1.807) is 7.05 Å². The molecular weight excluding hydrogens is 330 g/mol. The van der Waals surface area contributed by atoms with E-state index in [4.69, 9.17) is 0 Å². The van der Waals surface area contributed by atoms with Crippen molar-refractivity contribution in [3.8, 4) is 0 Å². The van der Waals surface area contributed by atoms with Crippen LogP contribution in [0.25, 0.3) is 0 Å². The van der Waals surface area contributed by atoms with E-state index in [9.17, 15) is 9.32 Å². The van der Waals surface area contributed by atoms with Gasteiger partial charge in [-0.1, -0.05) is 69.6 Å². The summed E-state index contributed by atoms with van der Waals surface area (Å²) in [5.74, 6) is 1.24. The van der Waals surface area contributed by atoms with Gasteiger partial charge in [0.1, 0.15) is 0 Å². The van der Waals surface area contributed by atoms with Crippen molar-refractivity contribution in [3.05, 3.63) is 30.3 Å². The summed E-state index contributed by atoms with van der Waals surface area (Å²) in [6, 6.07) is 9.52. The van der Waals surface area contributed by atoms with Crippen LogP contribution in [0.5, 0.6) is 0 Å². The monoisotopic (exact) mass is 363 g/mol. The van der Waals surface area contributed by atoms with Gasteiger partial charge in [-0.2, -0.15) is 0 Å². The standard InChI is InChI=1S/C21H33NO2S/c1-22-25(24,19-13-9-7-10-14-19)17-21(23)15-11-6-4-2-3-5-8-12-18-16-20(18)21/h7,9-10,13-14,18,20,23H,2-6,8,11-12,15-17H2,1H3/t18-,20+,21?,25?/m1/s1. The fourth-order valence-corrected chi connectivity index (χ4v) is 6.66. The SMILES string of the molecule is CN=S(=O)(CC1(O)CCCCCCCCC[C@@H]2C[C@@H]21)c1ccccc1. The van der Waals surface area contributed by atoms with E-state index in [1.807, 2.05) is 30.3 Å². The minimum absolute atomic E-state index is 0.293. The Bertz CT molecular complexity index is 666. The molecule has 2 aliphatic rings. The molecule has 2 aliphatic carbocycles. The lowest BCUT2D eigenvalue weighted by Crippen LogP contribution is -2.40. The van der Waals surface area contributed by atoms with E-state index in [1.165, 1.54) is 44.9 Å². The zero-order chi connectivity index (χ0) is 17.8. The molecule has 1 N–H and O–H groups in total. The molecule has 0 heterocycles. The molecular formula is C21H33NO2S. The molecule has 4 atom stereocenters. The van der Waals surface area contributed by atoms with Crippen molar-refractivity contribution in [2.75, 3.05) is 12.8 Å². The van der Waals surface area contributed by atoms with Crippen molar-refractivity contribution >= 4 is 9.73 Å². The minimum Gasteiger partial charge on any atom is -0.389 e. The predicted octanol–water partition coefficient (Wildman–Crippen LogP) is 5.04. The summed E-state index contributed by atoms with van der Waals surface area (Å²) in [6.45, 7) is 0. The first-order valence-corrected chi connectivity index (χ1v) is 11.7. The van der Waals surface area contributed by atoms with Gasteiger partial charge in [0.2, 0.25) is 0 Å². The molecule has 3 nitrogen and oxygen atoms in total. The Labute approximate surface area is 153 Å². The summed E-state index contributed by atoms with van der Waals surface area (Å²) in [4.78, 5) is 0.759. The first-order chi connectivity index (χ1) is 12.1. The summed E-state index contributed by atoms with van der Waals surface area (Å²) >= 11 is 0. The number of hydrogen-bond acceptors (Lipinski definition) is 3. The van der Waals surface area contributed by atoms with E-state index in [0.717, 1.165) is 24.2 Å². The quantitative estimate of drug-likeness (QED) is 0.818. The van der Waals surface area contributed by atoms with Crippen molar-refractivity contribution < 1.29 is 9.32 Å². The van der Waals surface area contributed by atoms with Crippen LogP contribution in [-0.2, 0) is 9.73 Å². The van der Waals surface area contributed by atoms with Gasteiger partial charge in [-0.3, -0.25) is 0 Å². The molecule has 0 amide bonds. The van der Waals surface area contributed by atoms with Crippen LogP contribution in [0.3, 0.4) is 0 Å². The molecule has 3 rings (SSSR count). The fourth-order valence-electron chi connectivity index (χ4n) is 4.54. The lowest BCUT2D eigenvalue weighted by Gasteiger charge is -2.31. The second-order valence-electron chi connectivity index (χ2n) is 8.00. The van der Waals surface area contributed by atoms with Crippen LogP contribution >= 0.6 is 0 Å². The average Bonchev–Trinajstić information content (AvgIpc) is 3.40. The van der Waals surface area contributed by atoms with Crippen LogP contribution in [0.4, 0.5) is 0 Å². The number of benzene rings is 1. The van der Waals surface area contributed by atoms with Gasteiger partial charge in [-0.05, 0) is 36.8 Å². The molecule has 2 unspecified atom stereocenters. The molecule has 0 spiro atoms. The summed E-state index contributed by atoms with van der Waals surface area (Å²) in [5.41, 5.74) is -0.823. The summed E-state index contributed by atoms with van der Waals surface area (Å²) in [5, 5.41) is 11.6. The Kier molecular flexibility index (Phi) is 6.21. The third kappa shape index (κ3) is 4.65. The molecule has 2 saturated carbocycles. The van der Waals surface area contributed by atoms with Crippen LogP contribution in [0.15, 0.2) is 39.6 Å². The first kappa shape index (κ1) is 18.9. The van der Waals surface area contributed by atoms with Gasteiger partial charge in [0.25, 0.3) is 0 Å². The van der Waals surface area contributed by atoms with Crippen molar-refractivity contribution in [1.82, 2.24) is 0 Å². The molecule has 25 heavy (non-hydrogen) atoms. The van der Waals surface area contributed by atoms with E-state index in [-0.39, 0.29) is 0 Å². The van der Waals surface area contributed by atoms with Gasteiger partial charge >= 0.3 is 0 Å². The molecule has 1 aromatic carbocycles. The van der Waals surface area contributed by atoms with Crippen molar-refractivity contribution in [2.24, 2.45) is 16.2 Å². The molecule has 0 radical (unpaired) electrons. The third-order valence-corrected chi connectivity index (χ3v) is 8.64. The van der Waals surface area contributed by atoms with Gasteiger partial charge < -0.3 is 5.11 Å². The van der Waals surface area contributed by atoms with Crippen LogP contribution in [-0.4, -0.2) is 27.7 Å². The highest BCUT2D eigenvalue weighted by atomic mass is 32.2. The van der Waals surface area contributed by atoms with Crippen molar-refractivity contribution in [2.45, 2.75) is 74.7 Å². The van der Waals surface area contributed by atoms with E-state index < -0.39 is 15.3 Å². The highest BCUT2D eigenvalue weighted by molar-refractivity contribution is 7.93. The Morgan fingerprint density at radius 2 is 1.72 bits per heavy atom. The van der Waals surface area contributed by atoms with Gasteiger partial charge in [0, 0.05) is 11.9 Å². The number of rotatable bonds is 3. The van der Waals surface area contributed by atoms with Gasteiger partial charge in [-0.15, -0.1) is 0 Å². The maximum Gasteiger partial charge on any atom is 0.0805 e. The molecule has 0 saturated heterocycles. The summed E-state index contributed by atoms with van der Waals surface area (Å²) in [6.07, 6.45) is 11.9. The topological polar surface area (TPSA) is 49.7 Å². The van der Waals surface area contributed by atoms with Gasteiger partial charge in [-0.25, -0.2) is 8.57 Å². The van der Waals surface area contributed by atoms with E-state index in [0.29, 0.717) is 17.6 Å². The van der Waals surface area contributed by atoms with Crippen LogP contribution in [0, 0.1) is 11.8 Å². The maximum absolute atomic E-state index is 13.5. The average molecular weight is 364 g/mol. The molecule has 140 valence electrons. The normalized spacial score (nSPS) is 33.2. The largest absolute Gasteiger partial charge is 0.389 e. The minimum atomic E-state index is -2.56. The molecule has 0 bridgehead atoms. The Balaban J connectivity index is 1.80. The second kappa shape index (κ2) is 8.22. The molecule has 2 fully saturated rings. The molecule has 1 aromatic rings. The number of hydrogen-bond donors (Lipinski definition) is 1. The maximum atomic E-state index is 13.5. The summed E-state index contributed by atoms with van der Waals surface area (Å²) < 4.78 is 17.8. The van der Waals surface area contributed by atoms with Crippen molar-refractivity contribution in [1.29, 1.82) is 0 Å². The predicted molar refractivity (Wildman–Crippen MR) is 104 cm³/mol.